The molecule has 0 aliphatic rings. The Bertz CT molecular complexity index is 914. The molecular weight excluding hydrogens is 300 g/mol. The average molecular weight is 320 g/mol. The fraction of sp³-hybridized carbons (Fsp3) is 0.200. The van der Waals surface area contributed by atoms with Crippen molar-refractivity contribution in [1.82, 2.24) is 10.3 Å². The molecule has 0 atom stereocenters. The van der Waals surface area contributed by atoms with E-state index in [1.807, 2.05) is 61.5 Å². The molecule has 0 aliphatic carbocycles. The van der Waals surface area contributed by atoms with Crippen molar-refractivity contribution in [3.05, 3.63) is 81.6 Å². The van der Waals surface area contributed by atoms with Crippen LogP contribution < -0.4 is 10.9 Å². The minimum absolute atomic E-state index is 0.0532. The van der Waals surface area contributed by atoms with Gasteiger partial charge in [0, 0.05) is 24.0 Å². The Balaban J connectivity index is 1.63. The largest absolute Gasteiger partial charge is 0.352 e. The molecule has 0 unspecified atom stereocenters. The van der Waals surface area contributed by atoms with Crippen molar-refractivity contribution in [2.45, 2.75) is 26.3 Å². The summed E-state index contributed by atoms with van der Waals surface area (Å²) in [7, 11) is 0. The lowest BCUT2D eigenvalue weighted by Gasteiger charge is -2.06. The van der Waals surface area contributed by atoms with Gasteiger partial charge in [-0.05, 0) is 42.5 Å². The van der Waals surface area contributed by atoms with Crippen molar-refractivity contribution in [2.24, 2.45) is 0 Å². The zero-order chi connectivity index (χ0) is 16.9. The van der Waals surface area contributed by atoms with Crippen LogP contribution in [0, 0.1) is 6.92 Å². The van der Waals surface area contributed by atoms with Gasteiger partial charge in [0.15, 0.2) is 0 Å². The summed E-state index contributed by atoms with van der Waals surface area (Å²) in [6.07, 6.45) is 0.729. The minimum Gasteiger partial charge on any atom is -0.352 e. The number of carbonyl (C=O) groups excluding carboxylic acids is 1. The molecule has 0 bridgehead atoms. The van der Waals surface area contributed by atoms with Crippen molar-refractivity contribution in [3.63, 3.8) is 0 Å². The van der Waals surface area contributed by atoms with Crippen molar-refractivity contribution in [1.29, 1.82) is 0 Å². The molecule has 0 saturated carbocycles. The molecule has 0 aliphatic heterocycles. The Labute approximate surface area is 140 Å². The third-order valence-corrected chi connectivity index (χ3v) is 4.03. The van der Waals surface area contributed by atoms with Crippen LogP contribution in [0.25, 0.3) is 10.9 Å². The highest BCUT2D eigenvalue weighted by Crippen LogP contribution is 2.13. The fourth-order valence-corrected chi connectivity index (χ4v) is 2.69. The summed E-state index contributed by atoms with van der Waals surface area (Å²) in [6.45, 7) is 2.52. The highest BCUT2D eigenvalue weighted by Gasteiger charge is 2.07. The zero-order valence-corrected chi connectivity index (χ0v) is 13.6. The van der Waals surface area contributed by atoms with Crippen LogP contribution >= 0.6 is 0 Å². The standard InChI is InChI=1S/C20H20N2O2/c1-14-7-9-18-17(11-14)12-16(20(24)22-18)8-10-19(23)21-13-15-5-3-2-4-6-15/h2-7,9,11-12H,8,10,13H2,1H3,(H,21,23)(H,22,24). The van der Waals surface area contributed by atoms with E-state index in [-0.39, 0.29) is 11.5 Å². The molecule has 1 amide bonds. The lowest BCUT2D eigenvalue weighted by Crippen LogP contribution is -2.24. The van der Waals surface area contributed by atoms with Gasteiger partial charge in [-0.15, -0.1) is 0 Å². The molecule has 1 aromatic heterocycles. The van der Waals surface area contributed by atoms with Gasteiger partial charge in [0.25, 0.3) is 5.56 Å². The quantitative estimate of drug-likeness (QED) is 0.759. The van der Waals surface area contributed by atoms with Gasteiger partial charge in [0.05, 0.1) is 0 Å². The number of hydrogen-bond acceptors (Lipinski definition) is 2. The van der Waals surface area contributed by atoms with Crippen LogP contribution in [-0.4, -0.2) is 10.9 Å². The maximum Gasteiger partial charge on any atom is 0.251 e. The number of benzene rings is 2. The number of aryl methyl sites for hydroxylation is 2. The van der Waals surface area contributed by atoms with Gasteiger partial charge >= 0.3 is 0 Å². The summed E-state index contributed by atoms with van der Waals surface area (Å²) in [5.41, 5.74) is 3.54. The lowest BCUT2D eigenvalue weighted by atomic mass is 10.1. The van der Waals surface area contributed by atoms with Crippen LogP contribution in [0.2, 0.25) is 0 Å². The predicted octanol–water partition coefficient (Wildman–Crippen LogP) is 3.09. The number of aromatic nitrogens is 1. The number of amides is 1. The first kappa shape index (κ1) is 16.0. The van der Waals surface area contributed by atoms with Crippen molar-refractivity contribution in [3.8, 4) is 0 Å². The van der Waals surface area contributed by atoms with Gasteiger partial charge in [-0.25, -0.2) is 0 Å². The number of nitrogens with one attached hydrogen (secondary N) is 2. The number of rotatable bonds is 5. The van der Waals surface area contributed by atoms with Crippen LogP contribution in [0.3, 0.4) is 0 Å². The van der Waals surface area contributed by atoms with E-state index in [1.165, 1.54) is 0 Å². The van der Waals surface area contributed by atoms with E-state index < -0.39 is 0 Å². The Morgan fingerprint density at radius 2 is 1.88 bits per heavy atom. The highest BCUT2D eigenvalue weighted by molar-refractivity contribution is 5.80. The van der Waals surface area contributed by atoms with Crippen molar-refractivity contribution in [2.75, 3.05) is 0 Å². The van der Waals surface area contributed by atoms with Crippen molar-refractivity contribution < 1.29 is 4.79 Å². The molecule has 0 radical (unpaired) electrons. The van der Waals surface area contributed by atoms with E-state index in [0.717, 1.165) is 22.0 Å². The van der Waals surface area contributed by atoms with Gasteiger partial charge in [-0.3, -0.25) is 9.59 Å². The van der Waals surface area contributed by atoms with Gasteiger partial charge in [0.1, 0.15) is 0 Å². The molecule has 24 heavy (non-hydrogen) atoms. The minimum atomic E-state index is -0.123. The Hall–Kier alpha value is -2.88. The summed E-state index contributed by atoms with van der Waals surface area (Å²) >= 11 is 0. The summed E-state index contributed by atoms with van der Waals surface area (Å²) in [5, 5.41) is 3.88. The summed E-state index contributed by atoms with van der Waals surface area (Å²) < 4.78 is 0. The lowest BCUT2D eigenvalue weighted by molar-refractivity contribution is -0.121. The summed E-state index contributed by atoms with van der Waals surface area (Å²) in [5.74, 6) is -0.0532. The summed E-state index contributed by atoms with van der Waals surface area (Å²) in [4.78, 5) is 27.0. The molecule has 3 aromatic rings. The SMILES string of the molecule is Cc1ccc2[nH]c(=O)c(CCC(=O)NCc3ccccc3)cc2c1. The smallest absolute Gasteiger partial charge is 0.251 e. The second kappa shape index (κ2) is 7.13. The van der Waals surface area contributed by atoms with Crippen LogP contribution in [0.15, 0.2) is 59.4 Å². The van der Waals surface area contributed by atoms with Crippen LogP contribution in [0.5, 0.6) is 0 Å². The molecule has 0 spiro atoms. The second-order valence-corrected chi connectivity index (χ2v) is 5.98. The van der Waals surface area contributed by atoms with Gasteiger partial charge in [-0.1, -0.05) is 42.0 Å². The van der Waals surface area contributed by atoms with E-state index in [4.69, 9.17) is 0 Å². The molecule has 2 aromatic carbocycles. The van der Waals surface area contributed by atoms with E-state index in [0.29, 0.717) is 24.9 Å². The topological polar surface area (TPSA) is 62.0 Å². The first-order valence-corrected chi connectivity index (χ1v) is 8.05. The van der Waals surface area contributed by atoms with Gasteiger partial charge in [-0.2, -0.15) is 0 Å². The monoisotopic (exact) mass is 320 g/mol. The first-order chi connectivity index (χ1) is 11.6. The number of pyridine rings is 1. The Kier molecular flexibility index (Phi) is 4.75. The number of carbonyl (C=O) groups is 1. The number of aromatic amines is 1. The number of fused-ring (bicyclic) bond motifs is 1. The molecule has 4 heteroatoms. The van der Waals surface area contributed by atoms with E-state index in [2.05, 4.69) is 10.3 Å². The maximum atomic E-state index is 12.1. The normalized spacial score (nSPS) is 10.7. The van der Waals surface area contributed by atoms with Gasteiger partial charge in [0.2, 0.25) is 5.91 Å². The second-order valence-electron chi connectivity index (χ2n) is 5.98. The third kappa shape index (κ3) is 3.90. The molecule has 4 nitrogen and oxygen atoms in total. The molecule has 0 fully saturated rings. The molecular formula is C20H20N2O2. The molecule has 2 N–H and O–H groups in total. The van der Waals surface area contributed by atoms with Gasteiger partial charge < -0.3 is 10.3 Å². The Morgan fingerprint density at radius 3 is 2.67 bits per heavy atom. The summed E-state index contributed by atoms with van der Waals surface area (Å²) in [6, 6.07) is 17.6. The fourth-order valence-electron chi connectivity index (χ4n) is 2.69. The maximum absolute atomic E-state index is 12.1. The van der Waals surface area contributed by atoms with E-state index in [9.17, 15) is 9.59 Å². The van der Waals surface area contributed by atoms with Crippen LogP contribution in [-0.2, 0) is 17.8 Å². The molecule has 3 rings (SSSR count). The molecule has 122 valence electrons. The van der Waals surface area contributed by atoms with E-state index in [1.54, 1.807) is 0 Å². The van der Waals surface area contributed by atoms with Crippen LogP contribution in [0.1, 0.15) is 23.1 Å². The number of H-pyrrole nitrogens is 1. The number of hydrogen-bond donors (Lipinski definition) is 2. The molecule has 1 heterocycles. The third-order valence-electron chi connectivity index (χ3n) is 4.03. The first-order valence-electron chi connectivity index (χ1n) is 8.05. The van der Waals surface area contributed by atoms with Crippen molar-refractivity contribution >= 4 is 16.8 Å². The highest BCUT2D eigenvalue weighted by atomic mass is 16.1. The Morgan fingerprint density at radius 1 is 1.08 bits per heavy atom. The average Bonchev–Trinajstić information content (AvgIpc) is 2.59. The van der Waals surface area contributed by atoms with Crippen LogP contribution in [0.4, 0.5) is 0 Å². The predicted molar refractivity (Wildman–Crippen MR) is 95.9 cm³/mol. The zero-order valence-electron chi connectivity index (χ0n) is 13.6. The molecule has 0 saturated heterocycles. The van der Waals surface area contributed by atoms with E-state index >= 15 is 0 Å².